The van der Waals surface area contributed by atoms with Gasteiger partial charge in [-0.1, -0.05) is 44.6 Å². The Kier molecular flexibility index (Phi) is 5.35. The van der Waals surface area contributed by atoms with Crippen LogP contribution in [0.15, 0.2) is 12.2 Å². The molecule has 80 valence electrons. The van der Waals surface area contributed by atoms with Crippen LogP contribution in [0, 0.1) is 5.92 Å². The molecule has 0 unspecified atom stereocenters. The zero-order valence-electron chi connectivity index (χ0n) is 8.74. The number of rotatable bonds is 5. The molecule has 1 aliphatic carbocycles. The predicted octanol–water partition coefficient (Wildman–Crippen LogP) is 3.38. The third-order valence-corrected chi connectivity index (χ3v) is 2.97. The topological polar surface area (TPSA) is 37.3 Å². The number of unbranched alkanes of at least 4 members (excludes halogenated alkanes) is 1. The maximum atomic E-state index is 10.2. The van der Waals surface area contributed by atoms with Gasteiger partial charge in [0.15, 0.2) is 0 Å². The lowest BCUT2D eigenvalue weighted by Gasteiger charge is -2.20. The molecule has 0 aromatic carbocycles. The molecule has 0 amide bonds. The summed E-state index contributed by atoms with van der Waals surface area (Å²) >= 11 is 0. The van der Waals surface area contributed by atoms with Crippen molar-refractivity contribution < 1.29 is 9.90 Å². The Balaban J connectivity index is 2.00. The van der Waals surface area contributed by atoms with Crippen LogP contribution in [0.1, 0.15) is 51.4 Å². The van der Waals surface area contributed by atoms with E-state index in [0.717, 1.165) is 18.8 Å². The number of aliphatic carboxylic acids is 1. The van der Waals surface area contributed by atoms with E-state index in [1.807, 2.05) is 0 Å². The number of hydrogen-bond acceptors (Lipinski definition) is 1. The summed E-state index contributed by atoms with van der Waals surface area (Å²) < 4.78 is 0. The van der Waals surface area contributed by atoms with Crippen molar-refractivity contribution in [3.8, 4) is 0 Å². The van der Waals surface area contributed by atoms with Crippen LogP contribution >= 0.6 is 0 Å². The molecule has 0 atom stereocenters. The molecule has 2 nitrogen and oxygen atoms in total. The highest BCUT2D eigenvalue weighted by Crippen LogP contribution is 2.27. The smallest absolute Gasteiger partial charge is 0.327 e. The average Bonchev–Trinajstić information content (AvgIpc) is 2.18. The first-order valence-corrected chi connectivity index (χ1v) is 5.68. The predicted molar refractivity (Wildman–Crippen MR) is 57.2 cm³/mol. The molecule has 0 aliphatic heterocycles. The lowest BCUT2D eigenvalue weighted by Crippen LogP contribution is -2.05. The fourth-order valence-corrected chi connectivity index (χ4v) is 2.18. The van der Waals surface area contributed by atoms with Gasteiger partial charge in [-0.3, -0.25) is 0 Å². The third-order valence-electron chi connectivity index (χ3n) is 2.97. The summed E-state index contributed by atoms with van der Waals surface area (Å²) in [5.41, 5.74) is 0. The summed E-state index contributed by atoms with van der Waals surface area (Å²) in [6, 6.07) is 0. The van der Waals surface area contributed by atoms with E-state index in [2.05, 4.69) is 0 Å². The van der Waals surface area contributed by atoms with E-state index < -0.39 is 5.97 Å². The van der Waals surface area contributed by atoms with E-state index in [1.54, 1.807) is 6.08 Å². The summed E-state index contributed by atoms with van der Waals surface area (Å²) in [6.45, 7) is 0. The molecule has 0 radical (unpaired) electrons. The van der Waals surface area contributed by atoms with Crippen LogP contribution in [-0.2, 0) is 4.79 Å². The van der Waals surface area contributed by atoms with Gasteiger partial charge in [0.2, 0.25) is 0 Å². The van der Waals surface area contributed by atoms with Gasteiger partial charge < -0.3 is 5.11 Å². The van der Waals surface area contributed by atoms with Gasteiger partial charge in [-0.25, -0.2) is 4.79 Å². The number of carboxylic acid groups (broad SMARTS) is 1. The molecule has 0 saturated heterocycles. The minimum atomic E-state index is -0.831. The summed E-state index contributed by atoms with van der Waals surface area (Å²) in [7, 11) is 0. The zero-order valence-corrected chi connectivity index (χ0v) is 8.74. The van der Waals surface area contributed by atoms with Gasteiger partial charge in [0.25, 0.3) is 0 Å². The first-order chi connectivity index (χ1) is 6.79. The first kappa shape index (κ1) is 11.3. The summed E-state index contributed by atoms with van der Waals surface area (Å²) in [6.07, 6.45) is 13.4. The van der Waals surface area contributed by atoms with E-state index in [4.69, 9.17) is 5.11 Å². The second-order valence-electron chi connectivity index (χ2n) is 4.18. The quantitative estimate of drug-likeness (QED) is 0.540. The molecular formula is C12H20O2. The second-order valence-corrected chi connectivity index (χ2v) is 4.18. The number of allylic oxidation sites excluding steroid dienone is 1. The standard InChI is InChI=1S/C12H20O2/c13-12(14)10-6-2-5-9-11-7-3-1-4-8-11/h6,10-11H,1-5,7-9H2,(H,13,14)/b10-6+. The largest absolute Gasteiger partial charge is 0.478 e. The van der Waals surface area contributed by atoms with Crippen LogP contribution in [0.2, 0.25) is 0 Å². The average molecular weight is 196 g/mol. The molecule has 0 heterocycles. The molecule has 1 aliphatic rings. The highest BCUT2D eigenvalue weighted by molar-refractivity contribution is 5.79. The van der Waals surface area contributed by atoms with Crippen LogP contribution in [0.25, 0.3) is 0 Å². The van der Waals surface area contributed by atoms with Crippen molar-refractivity contribution in [1.82, 2.24) is 0 Å². The molecule has 0 aromatic heterocycles. The highest BCUT2D eigenvalue weighted by atomic mass is 16.4. The van der Waals surface area contributed by atoms with Gasteiger partial charge in [-0.2, -0.15) is 0 Å². The second kappa shape index (κ2) is 6.63. The Morgan fingerprint density at radius 3 is 2.64 bits per heavy atom. The monoisotopic (exact) mass is 196 g/mol. The molecule has 1 fully saturated rings. The van der Waals surface area contributed by atoms with E-state index in [-0.39, 0.29) is 0 Å². The Hall–Kier alpha value is -0.790. The minimum absolute atomic E-state index is 0.831. The SMILES string of the molecule is O=C(O)/C=C/CCCC1CCCCC1. The summed E-state index contributed by atoms with van der Waals surface area (Å²) in [4.78, 5) is 10.2. The summed E-state index contributed by atoms with van der Waals surface area (Å²) in [5, 5.41) is 8.37. The Morgan fingerprint density at radius 1 is 1.29 bits per heavy atom. The van der Waals surface area contributed by atoms with Crippen LogP contribution in [0.3, 0.4) is 0 Å². The Labute approximate surface area is 86.0 Å². The number of hydrogen-bond donors (Lipinski definition) is 1. The third kappa shape index (κ3) is 5.05. The molecule has 2 heteroatoms. The molecule has 14 heavy (non-hydrogen) atoms. The van der Waals surface area contributed by atoms with Crippen molar-refractivity contribution in [2.24, 2.45) is 5.92 Å². The first-order valence-electron chi connectivity index (χ1n) is 5.68. The van der Waals surface area contributed by atoms with E-state index in [0.29, 0.717) is 0 Å². The van der Waals surface area contributed by atoms with Crippen molar-refractivity contribution in [2.45, 2.75) is 51.4 Å². The Morgan fingerprint density at radius 2 is 2.00 bits per heavy atom. The van der Waals surface area contributed by atoms with Gasteiger partial charge in [0.1, 0.15) is 0 Å². The van der Waals surface area contributed by atoms with Crippen molar-refractivity contribution in [2.75, 3.05) is 0 Å². The maximum absolute atomic E-state index is 10.2. The maximum Gasteiger partial charge on any atom is 0.327 e. The molecule has 1 rings (SSSR count). The van der Waals surface area contributed by atoms with E-state index >= 15 is 0 Å². The highest BCUT2D eigenvalue weighted by Gasteiger charge is 2.11. The minimum Gasteiger partial charge on any atom is -0.478 e. The molecule has 0 spiro atoms. The number of carbonyl (C=O) groups is 1. The van der Waals surface area contributed by atoms with Gasteiger partial charge in [0.05, 0.1) is 0 Å². The molecule has 1 N–H and O–H groups in total. The van der Waals surface area contributed by atoms with Crippen molar-refractivity contribution in [1.29, 1.82) is 0 Å². The van der Waals surface area contributed by atoms with E-state index in [1.165, 1.54) is 44.6 Å². The van der Waals surface area contributed by atoms with Crippen LogP contribution in [0.4, 0.5) is 0 Å². The van der Waals surface area contributed by atoms with Crippen molar-refractivity contribution in [3.05, 3.63) is 12.2 Å². The molecule has 1 saturated carbocycles. The lowest BCUT2D eigenvalue weighted by molar-refractivity contribution is -0.131. The fourth-order valence-electron chi connectivity index (χ4n) is 2.18. The fraction of sp³-hybridized carbons (Fsp3) is 0.750. The van der Waals surface area contributed by atoms with Crippen LogP contribution in [-0.4, -0.2) is 11.1 Å². The zero-order chi connectivity index (χ0) is 10.2. The Bertz CT molecular complexity index is 190. The summed E-state index contributed by atoms with van der Waals surface area (Å²) in [5.74, 6) is 0.0876. The van der Waals surface area contributed by atoms with Gasteiger partial charge in [0, 0.05) is 6.08 Å². The number of carboxylic acids is 1. The van der Waals surface area contributed by atoms with Crippen molar-refractivity contribution >= 4 is 5.97 Å². The van der Waals surface area contributed by atoms with Gasteiger partial charge in [-0.05, 0) is 18.8 Å². The van der Waals surface area contributed by atoms with Crippen LogP contribution in [0.5, 0.6) is 0 Å². The van der Waals surface area contributed by atoms with Gasteiger partial charge >= 0.3 is 5.97 Å². The van der Waals surface area contributed by atoms with Gasteiger partial charge in [-0.15, -0.1) is 0 Å². The van der Waals surface area contributed by atoms with Crippen LogP contribution < -0.4 is 0 Å². The molecular weight excluding hydrogens is 176 g/mol. The lowest BCUT2D eigenvalue weighted by atomic mass is 9.86. The van der Waals surface area contributed by atoms with E-state index in [9.17, 15) is 4.79 Å². The molecule has 0 bridgehead atoms. The normalized spacial score (nSPS) is 18.9. The van der Waals surface area contributed by atoms with Crippen molar-refractivity contribution in [3.63, 3.8) is 0 Å². The molecule has 0 aromatic rings.